The number of nitrogens with one attached hydrogen (secondary N) is 1. The predicted molar refractivity (Wildman–Crippen MR) is 77.4 cm³/mol. The van der Waals surface area contributed by atoms with Gasteiger partial charge in [0.1, 0.15) is 0 Å². The van der Waals surface area contributed by atoms with Gasteiger partial charge < -0.3 is 10.1 Å². The van der Waals surface area contributed by atoms with E-state index in [1.165, 1.54) is 0 Å². The van der Waals surface area contributed by atoms with E-state index in [1.807, 2.05) is 6.07 Å². The molecule has 0 unspecified atom stereocenters. The van der Waals surface area contributed by atoms with Crippen LogP contribution in [0.3, 0.4) is 0 Å². The molecule has 0 aliphatic rings. The summed E-state index contributed by atoms with van der Waals surface area (Å²) in [4.78, 5) is 30.0. The van der Waals surface area contributed by atoms with Gasteiger partial charge in [-0.15, -0.1) is 0 Å². The molecule has 0 saturated carbocycles. The molecule has 0 aliphatic carbocycles. The standard InChI is InChI=1S/C14H14N2O3S/c1-2-10-12(18)15-14(16-13(10)19)20-8-11(17)9-6-4-3-5-7-9/h3-7H,2,8H2,1H3,(H2,15,16,18,19). The van der Waals surface area contributed by atoms with Crippen molar-refractivity contribution in [1.29, 1.82) is 0 Å². The van der Waals surface area contributed by atoms with Gasteiger partial charge in [0.05, 0.1) is 11.3 Å². The van der Waals surface area contributed by atoms with Crippen molar-refractivity contribution in [1.82, 2.24) is 9.97 Å². The van der Waals surface area contributed by atoms with Crippen molar-refractivity contribution in [2.45, 2.75) is 18.5 Å². The molecular formula is C14H14N2O3S. The largest absolute Gasteiger partial charge is 0.493 e. The number of benzene rings is 1. The molecule has 0 radical (unpaired) electrons. The highest BCUT2D eigenvalue weighted by atomic mass is 32.2. The lowest BCUT2D eigenvalue weighted by atomic mass is 10.2. The molecular weight excluding hydrogens is 276 g/mol. The third kappa shape index (κ3) is 3.27. The lowest BCUT2D eigenvalue weighted by Crippen LogP contribution is -2.15. The van der Waals surface area contributed by atoms with Gasteiger partial charge in [0, 0.05) is 5.56 Å². The first kappa shape index (κ1) is 14.3. The maximum atomic E-state index is 11.9. The van der Waals surface area contributed by atoms with Crippen molar-refractivity contribution in [3.05, 3.63) is 51.8 Å². The smallest absolute Gasteiger partial charge is 0.258 e. The van der Waals surface area contributed by atoms with E-state index in [9.17, 15) is 14.7 Å². The van der Waals surface area contributed by atoms with Crippen LogP contribution < -0.4 is 5.56 Å². The summed E-state index contributed by atoms with van der Waals surface area (Å²) in [6.45, 7) is 1.76. The molecule has 1 aromatic carbocycles. The van der Waals surface area contributed by atoms with Crippen molar-refractivity contribution in [3.8, 4) is 5.88 Å². The summed E-state index contributed by atoms with van der Waals surface area (Å²) in [6, 6.07) is 8.89. The molecule has 20 heavy (non-hydrogen) atoms. The Hall–Kier alpha value is -2.08. The van der Waals surface area contributed by atoms with E-state index in [4.69, 9.17) is 0 Å². The highest BCUT2D eigenvalue weighted by Gasteiger charge is 2.11. The molecule has 0 aliphatic heterocycles. The number of carbonyl (C=O) groups excluding carboxylic acids is 1. The van der Waals surface area contributed by atoms with Gasteiger partial charge in [-0.25, -0.2) is 0 Å². The second-order valence-electron chi connectivity index (χ2n) is 4.10. The highest BCUT2D eigenvalue weighted by molar-refractivity contribution is 7.99. The minimum atomic E-state index is -0.366. The topological polar surface area (TPSA) is 83.1 Å². The van der Waals surface area contributed by atoms with Crippen LogP contribution >= 0.6 is 11.8 Å². The van der Waals surface area contributed by atoms with Gasteiger partial charge in [-0.3, -0.25) is 9.59 Å². The Morgan fingerprint density at radius 3 is 2.65 bits per heavy atom. The minimum absolute atomic E-state index is 0.0580. The first-order valence-electron chi connectivity index (χ1n) is 6.15. The summed E-state index contributed by atoms with van der Waals surface area (Å²) in [7, 11) is 0. The molecule has 104 valence electrons. The molecule has 2 aromatic rings. The molecule has 0 saturated heterocycles. The lowest BCUT2D eigenvalue weighted by molar-refractivity contribution is 0.102. The number of H-pyrrole nitrogens is 1. The van der Waals surface area contributed by atoms with Crippen LogP contribution in [0.15, 0.2) is 40.3 Å². The molecule has 0 fully saturated rings. The third-order valence-electron chi connectivity index (χ3n) is 2.76. The second-order valence-corrected chi connectivity index (χ2v) is 5.07. The number of ketones is 1. The number of hydrogen-bond donors (Lipinski definition) is 2. The first-order valence-corrected chi connectivity index (χ1v) is 7.13. The fourth-order valence-electron chi connectivity index (χ4n) is 1.69. The van der Waals surface area contributed by atoms with Crippen molar-refractivity contribution in [2.24, 2.45) is 0 Å². The summed E-state index contributed by atoms with van der Waals surface area (Å²) in [6.07, 6.45) is 0.405. The Bertz CT molecular complexity index is 668. The lowest BCUT2D eigenvalue weighted by Gasteiger charge is -2.04. The number of nitrogens with zero attached hydrogens (tertiary/aromatic N) is 1. The zero-order valence-electron chi connectivity index (χ0n) is 10.9. The number of Topliss-reactive ketones (excluding diaryl/α,β-unsaturated/α-hetero) is 1. The van der Waals surface area contributed by atoms with Crippen molar-refractivity contribution >= 4 is 17.5 Å². The minimum Gasteiger partial charge on any atom is -0.493 e. The molecule has 0 atom stereocenters. The Balaban J connectivity index is 2.09. The predicted octanol–water partition coefficient (Wildman–Crippen LogP) is 2.01. The van der Waals surface area contributed by atoms with E-state index in [1.54, 1.807) is 31.2 Å². The van der Waals surface area contributed by atoms with E-state index < -0.39 is 0 Å². The van der Waals surface area contributed by atoms with E-state index in [0.29, 0.717) is 12.0 Å². The van der Waals surface area contributed by atoms with Crippen molar-refractivity contribution in [2.75, 3.05) is 5.75 Å². The van der Waals surface area contributed by atoms with Crippen LogP contribution in [0.1, 0.15) is 22.8 Å². The zero-order valence-corrected chi connectivity index (χ0v) is 11.7. The van der Waals surface area contributed by atoms with E-state index in [2.05, 4.69) is 9.97 Å². The Labute approximate surface area is 120 Å². The zero-order chi connectivity index (χ0) is 14.5. The van der Waals surface area contributed by atoms with Gasteiger partial charge in [0.15, 0.2) is 10.9 Å². The van der Waals surface area contributed by atoms with Crippen LogP contribution in [0.2, 0.25) is 0 Å². The second kappa shape index (κ2) is 6.38. The maximum absolute atomic E-state index is 11.9. The molecule has 6 heteroatoms. The van der Waals surface area contributed by atoms with Crippen LogP contribution in [0.5, 0.6) is 5.88 Å². The van der Waals surface area contributed by atoms with Crippen molar-refractivity contribution < 1.29 is 9.90 Å². The van der Waals surface area contributed by atoms with E-state index in [-0.39, 0.29) is 33.7 Å². The Morgan fingerprint density at radius 2 is 2.05 bits per heavy atom. The maximum Gasteiger partial charge on any atom is 0.258 e. The van der Waals surface area contributed by atoms with Gasteiger partial charge in [-0.2, -0.15) is 4.98 Å². The molecule has 0 bridgehead atoms. The Morgan fingerprint density at radius 1 is 1.35 bits per heavy atom. The van der Waals surface area contributed by atoms with Crippen molar-refractivity contribution in [3.63, 3.8) is 0 Å². The van der Waals surface area contributed by atoms with Crippen LogP contribution in [-0.2, 0) is 6.42 Å². The monoisotopic (exact) mass is 290 g/mol. The summed E-state index contributed by atoms with van der Waals surface area (Å²) in [5, 5.41) is 9.87. The first-order chi connectivity index (χ1) is 9.61. The van der Waals surface area contributed by atoms with E-state index >= 15 is 0 Å². The van der Waals surface area contributed by atoms with Crippen LogP contribution in [0.25, 0.3) is 0 Å². The third-order valence-corrected chi connectivity index (χ3v) is 3.63. The quantitative estimate of drug-likeness (QED) is 0.500. The number of aromatic amines is 1. The number of rotatable bonds is 5. The fourth-order valence-corrected chi connectivity index (χ4v) is 2.44. The summed E-state index contributed by atoms with van der Waals surface area (Å²) in [5.41, 5.74) is 0.496. The molecule has 2 N–H and O–H groups in total. The van der Waals surface area contributed by atoms with Gasteiger partial charge in [-0.1, -0.05) is 49.0 Å². The summed E-state index contributed by atoms with van der Waals surface area (Å²) >= 11 is 1.09. The Kier molecular flexibility index (Phi) is 4.57. The fraction of sp³-hybridized carbons (Fsp3) is 0.214. The number of carbonyl (C=O) groups is 1. The number of aromatic nitrogens is 2. The molecule has 0 spiro atoms. The molecule has 5 nitrogen and oxygen atoms in total. The number of thioether (sulfide) groups is 1. The average molecular weight is 290 g/mol. The SMILES string of the molecule is CCc1c(O)nc(SCC(=O)c2ccccc2)[nH]c1=O. The average Bonchev–Trinajstić information content (AvgIpc) is 2.45. The number of hydrogen-bond acceptors (Lipinski definition) is 5. The number of aromatic hydroxyl groups is 1. The van der Waals surface area contributed by atoms with Gasteiger partial charge >= 0.3 is 0 Å². The van der Waals surface area contributed by atoms with Gasteiger partial charge in [-0.05, 0) is 6.42 Å². The van der Waals surface area contributed by atoms with Gasteiger partial charge in [0.2, 0.25) is 5.88 Å². The molecule has 1 aromatic heterocycles. The molecule has 1 heterocycles. The highest BCUT2D eigenvalue weighted by Crippen LogP contribution is 2.18. The van der Waals surface area contributed by atoms with Crippen LogP contribution in [-0.4, -0.2) is 26.6 Å². The van der Waals surface area contributed by atoms with Gasteiger partial charge in [0.25, 0.3) is 5.56 Å². The molecule has 0 amide bonds. The summed E-state index contributed by atoms with van der Waals surface area (Å²) < 4.78 is 0. The summed E-state index contributed by atoms with van der Waals surface area (Å²) in [5.74, 6) is -0.180. The van der Waals surface area contributed by atoms with Crippen LogP contribution in [0, 0.1) is 0 Å². The van der Waals surface area contributed by atoms with E-state index in [0.717, 1.165) is 11.8 Å². The van der Waals surface area contributed by atoms with Crippen LogP contribution in [0.4, 0.5) is 0 Å². The molecule has 2 rings (SSSR count). The normalized spacial score (nSPS) is 10.4.